The molecule has 2 aliphatic heterocycles. The Hall–Kier alpha value is -1.88. The van der Waals surface area contributed by atoms with Gasteiger partial charge < -0.3 is 15.1 Å². The molecule has 2 heterocycles. The van der Waals surface area contributed by atoms with Crippen LogP contribution >= 0.6 is 0 Å². The van der Waals surface area contributed by atoms with Gasteiger partial charge in [-0.25, -0.2) is 0 Å². The molecule has 5 heteroatoms. The summed E-state index contributed by atoms with van der Waals surface area (Å²) in [6.45, 7) is 7.02. The van der Waals surface area contributed by atoms with Crippen LogP contribution < -0.4 is 5.32 Å². The van der Waals surface area contributed by atoms with Gasteiger partial charge in [-0.3, -0.25) is 9.59 Å². The molecule has 2 saturated heterocycles. The van der Waals surface area contributed by atoms with Crippen LogP contribution in [0.25, 0.3) is 0 Å². The molecule has 5 nitrogen and oxygen atoms in total. The molecule has 0 bridgehead atoms. The van der Waals surface area contributed by atoms with E-state index in [9.17, 15) is 9.59 Å². The Morgan fingerprint density at radius 2 is 1.96 bits per heavy atom. The lowest BCUT2D eigenvalue weighted by Crippen LogP contribution is -2.55. The highest BCUT2D eigenvalue weighted by Crippen LogP contribution is 2.38. The third kappa shape index (κ3) is 5.07. The van der Waals surface area contributed by atoms with Crippen molar-refractivity contribution < 1.29 is 9.59 Å². The zero-order valence-corrected chi connectivity index (χ0v) is 15.9. The molecule has 0 aliphatic carbocycles. The van der Waals surface area contributed by atoms with Gasteiger partial charge in [0, 0.05) is 51.5 Å². The van der Waals surface area contributed by atoms with Crippen molar-refractivity contribution in [2.45, 2.75) is 39.0 Å². The van der Waals surface area contributed by atoms with Gasteiger partial charge in [-0.05, 0) is 37.8 Å². The van der Waals surface area contributed by atoms with Crippen LogP contribution in [-0.2, 0) is 16.0 Å². The molecular weight excluding hydrogens is 326 g/mol. The van der Waals surface area contributed by atoms with Crippen LogP contribution in [0.4, 0.5) is 0 Å². The summed E-state index contributed by atoms with van der Waals surface area (Å²) in [6.07, 6.45) is 4.99. The zero-order chi connectivity index (χ0) is 18.4. The molecule has 0 unspecified atom stereocenters. The van der Waals surface area contributed by atoms with Gasteiger partial charge in [-0.2, -0.15) is 0 Å². The number of nitrogens with zero attached hydrogens (tertiary/aromatic N) is 2. The van der Waals surface area contributed by atoms with E-state index in [1.807, 2.05) is 6.07 Å². The summed E-state index contributed by atoms with van der Waals surface area (Å²) < 4.78 is 0. The maximum Gasteiger partial charge on any atom is 0.222 e. The third-order valence-corrected chi connectivity index (χ3v) is 5.80. The van der Waals surface area contributed by atoms with Crippen molar-refractivity contribution >= 4 is 11.8 Å². The highest BCUT2D eigenvalue weighted by Gasteiger charge is 2.41. The lowest BCUT2D eigenvalue weighted by atomic mass is 9.73. The first-order valence-electron chi connectivity index (χ1n) is 9.85. The molecule has 142 valence electrons. The van der Waals surface area contributed by atoms with Crippen molar-refractivity contribution in [2.75, 3.05) is 39.3 Å². The van der Waals surface area contributed by atoms with Crippen molar-refractivity contribution in [1.29, 1.82) is 0 Å². The van der Waals surface area contributed by atoms with E-state index in [4.69, 9.17) is 0 Å². The number of benzene rings is 1. The summed E-state index contributed by atoms with van der Waals surface area (Å²) in [4.78, 5) is 28.1. The second kappa shape index (κ2) is 8.67. The lowest BCUT2D eigenvalue weighted by molar-refractivity contribution is -0.139. The topological polar surface area (TPSA) is 52.7 Å². The number of piperidine rings is 2. The average Bonchev–Trinajstić information content (AvgIpc) is 2.64. The minimum atomic E-state index is 0.0343. The van der Waals surface area contributed by atoms with E-state index in [1.165, 1.54) is 18.4 Å². The summed E-state index contributed by atoms with van der Waals surface area (Å²) in [5.41, 5.74) is 1.53. The second-order valence-corrected chi connectivity index (χ2v) is 7.91. The molecule has 3 rings (SSSR count). The van der Waals surface area contributed by atoms with Crippen LogP contribution in [0.3, 0.4) is 0 Å². The van der Waals surface area contributed by atoms with Crippen molar-refractivity contribution in [3.63, 3.8) is 0 Å². The van der Waals surface area contributed by atoms with E-state index in [-0.39, 0.29) is 11.3 Å². The summed E-state index contributed by atoms with van der Waals surface area (Å²) in [7, 11) is 0. The van der Waals surface area contributed by atoms with Gasteiger partial charge in [0.15, 0.2) is 0 Å². The maximum absolute atomic E-state index is 12.4. The molecule has 1 atom stereocenters. The lowest BCUT2D eigenvalue weighted by Gasteiger charge is -2.48. The Labute approximate surface area is 156 Å². The average molecular weight is 357 g/mol. The first kappa shape index (κ1) is 18.9. The number of carbonyl (C=O) groups excluding carboxylic acids is 2. The SMILES string of the molecule is CC(=O)NCCN1CCC[C@]2(CCC(=O)N(CCc3ccccc3)C2)C1. The van der Waals surface area contributed by atoms with Gasteiger partial charge in [-0.15, -0.1) is 0 Å². The normalized spacial score (nSPS) is 24.0. The first-order valence-corrected chi connectivity index (χ1v) is 9.85. The Morgan fingerprint density at radius 1 is 1.15 bits per heavy atom. The van der Waals surface area contributed by atoms with Gasteiger partial charge in [0.25, 0.3) is 0 Å². The Bertz CT molecular complexity index is 619. The largest absolute Gasteiger partial charge is 0.355 e. The molecule has 2 fully saturated rings. The van der Waals surface area contributed by atoms with Crippen molar-refractivity contribution in [3.05, 3.63) is 35.9 Å². The second-order valence-electron chi connectivity index (χ2n) is 7.91. The van der Waals surface area contributed by atoms with E-state index >= 15 is 0 Å². The number of nitrogens with one attached hydrogen (secondary N) is 1. The highest BCUT2D eigenvalue weighted by atomic mass is 16.2. The van der Waals surface area contributed by atoms with E-state index < -0.39 is 0 Å². The number of rotatable bonds is 6. The smallest absolute Gasteiger partial charge is 0.222 e. The van der Waals surface area contributed by atoms with Gasteiger partial charge in [0.05, 0.1) is 0 Å². The molecule has 26 heavy (non-hydrogen) atoms. The van der Waals surface area contributed by atoms with Crippen LogP contribution in [0, 0.1) is 5.41 Å². The molecule has 0 saturated carbocycles. The van der Waals surface area contributed by atoms with Gasteiger partial charge in [0.1, 0.15) is 0 Å². The third-order valence-electron chi connectivity index (χ3n) is 5.80. The van der Waals surface area contributed by atoms with Crippen LogP contribution in [0.15, 0.2) is 30.3 Å². The molecule has 1 spiro atoms. The Morgan fingerprint density at radius 3 is 2.73 bits per heavy atom. The molecular formula is C21H31N3O2. The standard InChI is InChI=1S/C21H31N3O2/c1-18(25)22-12-15-23-13-5-10-21(16-23)11-8-20(26)24(17-21)14-9-19-6-3-2-4-7-19/h2-4,6-7H,5,8-17H2,1H3,(H,22,25)/t21-/m0/s1. The minimum absolute atomic E-state index is 0.0343. The zero-order valence-electron chi connectivity index (χ0n) is 15.9. The molecule has 0 radical (unpaired) electrons. The molecule has 2 aliphatic rings. The van der Waals surface area contributed by atoms with Crippen molar-refractivity contribution in [1.82, 2.24) is 15.1 Å². The fraction of sp³-hybridized carbons (Fsp3) is 0.619. The summed E-state index contributed by atoms with van der Waals surface area (Å²) in [5, 5.41) is 2.89. The number of hydrogen-bond donors (Lipinski definition) is 1. The van der Waals surface area contributed by atoms with Crippen LogP contribution in [0.5, 0.6) is 0 Å². The van der Waals surface area contributed by atoms with Crippen molar-refractivity contribution in [2.24, 2.45) is 5.41 Å². The highest BCUT2D eigenvalue weighted by molar-refractivity contribution is 5.77. The molecule has 1 aromatic carbocycles. The van der Waals surface area contributed by atoms with Gasteiger partial charge >= 0.3 is 0 Å². The Kier molecular flexibility index (Phi) is 6.30. The predicted octanol–water partition coefficient (Wildman–Crippen LogP) is 2.07. The first-order chi connectivity index (χ1) is 12.6. The fourth-order valence-corrected chi connectivity index (χ4v) is 4.44. The number of hydrogen-bond acceptors (Lipinski definition) is 3. The summed E-state index contributed by atoms with van der Waals surface area (Å²) >= 11 is 0. The Balaban J connectivity index is 1.55. The van der Waals surface area contributed by atoms with Gasteiger partial charge in [-0.1, -0.05) is 30.3 Å². The quantitative estimate of drug-likeness (QED) is 0.848. The monoisotopic (exact) mass is 357 g/mol. The number of likely N-dealkylation sites (tertiary alicyclic amines) is 2. The summed E-state index contributed by atoms with van der Waals surface area (Å²) in [5.74, 6) is 0.342. The van der Waals surface area contributed by atoms with Crippen LogP contribution in [0.1, 0.15) is 38.2 Å². The van der Waals surface area contributed by atoms with Crippen molar-refractivity contribution in [3.8, 4) is 0 Å². The van der Waals surface area contributed by atoms with E-state index in [0.29, 0.717) is 18.9 Å². The fourth-order valence-electron chi connectivity index (χ4n) is 4.44. The van der Waals surface area contributed by atoms with E-state index in [1.54, 1.807) is 6.92 Å². The number of amides is 2. The molecule has 1 N–H and O–H groups in total. The van der Waals surface area contributed by atoms with Gasteiger partial charge in [0.2, 0.25) is 11.8 Å². The van der Waals surface area contributed by atoms with E-state index in [2.05, 4.69) is 39.4 Å². The molecule has 2 amide bonds. The molecule has 1 aromatic rings. The van der Waals surface area contributed by atoms with Crippen LogP contribution in [-0.4, -0.2) is 60.9 Å². The maximum atomic E-state index is 12.4. The molecule has 0 aromatic heterocycles. The van der Waals surface area contributed by atoms with Crippen LogP contribution in [0.2, 0.25) is 0 Å². The summed E-state index contributed by atoms with van der Waals surface area (Å²) in [6, 6.07) is 10.4. The number of carbonyl (C=O) groups is 2. The minimum Gasteiger partial charge on any atom is -0.355 e. The predicted molar refractivity (Wildman–Crippen MR) is 103 cm³/mol. The van der Waals surface area contributed by atoms with E-state index in [0.717, 1.165) is 45.6 Å².